The van der Waals surface area contributed by atoms with Gasteiger partial charge < -0.3 is 19.1 Å². The van der Waals surface area contributed by atoms with Crippen LogP contribution in [0.25, 0.3) is 11.4 Å². The fourth-order valence-corrected chi connectivity index (χ4v) is 3.34. The molecular formula is C18H24N4O4S. The Hall–Kier alpha value is -2.42. The molecule has 1 saturated heterocycles. The summed E-state index contributed by atoms with van der Waals surface area (Å²) in [5.74, 6) is 1.02. The molecule has 2 aromatic rings. The highest BCUT2D eigenvalue weighted by Crippen LogP contribution is 2.19. The first-order valence-electron chi connectivity index (χ1n) is 8.93. The molecule has 27 heavy (non-hydrogen) atoms. The number of aromatic nitrogens is 2. The lowest BCUT2D eigenvalue weighted by Crippen LogP contribution is -2.51. The second-order valence-electron chi connectivity index (χ2n) is 7.37. The van der Waals surface area contributed by atoms with Crippen molar-refractivity contribution in [2.45, 2.75) is 39.2 Å². The first kappa shape index (κ1) is 19.3. The first-order valence-corrected chi connectivity index (χ1v) is 9.87. The lowest BCUT2D eigenvalue weighted by molar-refractivity contribution is -0.133. The van der Waals surface area contributed by atoms with E-state index in [1.807, 2.05) is 37.6 Å². The van der Waals surface area contributed by atoms with Gasteiger partial charge in [0.15, 0.2) is 0 Å². The van der Waals surface area contributed by atoms with Crippen molar-refractivity contribution in [1.82, 2.24) is 19.9 Å². The normalized spacial score (nSPS) is 15.1. The molecule has 1 fully saturated rings. The summed E-state index contributed by atoms with van der Waals surface area (Å²) in [6.07, 6.45) is 0.376. The van der Waals surface area contributed by atoms with Gasteiger partial charge in [-0.3, -0.25) is 4.79 Å². The number of hydrogen-bond acceptors (Lipinski definition) is 7. The minimum atomic E-state index is -0.518. The zero-order chi connectivity index (χ0) is 19.4. The zero-order valence-corrected chi connectivity index (χ0v) is 16.6. The van der Waals surface area contributed by atoms with Crippen molar-refractivity contribution in [3.63, 3.8) is 0 Å². The Morgan fingerprint density at radius 2 is 1.93 bits per heavy atom. The molecule has 0 radical (unpaired) electrons. The van der Waals surface area contributed by atoms with Crippen LogP contribution in [0.15, 0.2) is 21.3 Å². The van der Waals surface area contributed by atoms with Gasteiger partial charge in [0.2, 0.25) is 17.6 Å². The maximum Gasteiger partial charge on any atom is 0.410 e. The lowest BCUT2D eigenvalue weighted by atomic mass is 10.2. The van der Waals surface area contributed by atoms with Crippen LogP contribution in [0.5, 0.6) is 0 Å². The molecule has 3 heterocycles. The molecule has 2 aromatic heterocycles. The number of carbonyl (C=O) groups is 2. The Morgan fingerprint density at radius 3 is 2.56 bits per heavy atom. The second kappa shape index (κ2) is 8.08. The maximum absolute atomic E-state index is 12.4. The summed E-state index contributed by atoms with van der Waals surface area (Å²) in [7, 11) is 0. The Kier molecular flexibility index (Phi) is 5.79. The highest BCUT2D eigenvalue weighted by molar-refractivity contribution is 7.08. The highest BCUT2D eigenvalue weighted by Gasteiger charge is 2.27. The van der Waals surface area contributed by atoms with Gasteiger partial charge in [0.1, 0.15) is 5.60 Å². The van der Waals surface area contributed by atoms with Crippen molar-refractivity contribution in [3.8, 4) is 11.4 Å². The molecule has 0 atom stereocenters. The van der Waals surface area contributed by atoms with E-state index in [-0.39, 0.29) is 12.0 Å². The molecule has 0 unspecified atom stereocenters. The SMILES string of the molecule is CC(C)(C)OC(=O)N1CCN(C(=O)CCc2nc(-c3ccsc3)no2)CC1. The molecule has 0 N–H and O–H groups in total. The molecule has 0 bridgehead atoms. The van der Waals surface area contributed by atoms with E-state index in [9.17, 15) is 9.59 Å². The fraction of sp³-hybridized carbons (Fsp3) is 0.556. The quantitative estimate of drug-likeness (QED) is 0.795. The van der Waals surface area contributed by atoms with Gasteiger partial charge in [0.25, 0.3) is 0 Å². The predicted molar refractivity (Wildman–Crippen MR) is 100 cm³/mol. The van der Waals surface area contributed by atoms with Crippen LogP contribution in [0.4, 0.5) is 4.79 Å². The number of ether oxygens (including phenoxy) is 1. The third kappa shape index (κ3) is 5.29. The standard InChI is InChI=1S/C18H24N4O4S/c1-18(2,3)25-17(24)22-9-7-21(8-10-22)15(23)5-4-14-19-16(20-26-14)13-6-11-27-12-13/h6,11-12H,4-5,7-10H2,1-3H3. The number of thiophene rings is 1. The zero-order valence-electron chi connectivity index (χ0n) is 15.8. The summed E-state index contributed by atoms with van der Waals surface area (Å²) in [4.78, 5) is 32.2. The molecule has 0 spiro atoms. The van der Waals surface area contributed by atoms with Gasteiger partial charge in [-0.15, -0.1) is 0 Å². The molecule has 0 aromatic carbocycles. The summed E-state index contributed by atoms with van der Waals surface area (Å²) >= 11 is 1.57. The summed E-state index contributed by atoms with van der Waals surface area (Å²) in [5, 5.41) is 7.84. The van der Waals surface area contributed by atoms with Crippen molar-refractivity contribution < 1.29 is 18.8 Å². The third-order valence-corrected chi connectivity index (χ3v) is 4.77. The van der Waals surface area contributed by atoms with Crippen LogP contribution in [0.2, 0.25) is 0 Å². The Labute approximate surface area is 162 Å². The third-order valence-electron chi connectivity index (χ3n) is 4.08. The van der Waals surface area contributed by atoms with Crippen LogP contribution in [0.1, 0.15) is 33.1 Å². The Balaban J connectivity index is 1.44. The molecule has 2 amide bonds. The van der Waals surface area contributed by atoms with Crippen molar-refractivity contribution in [2.24, 2.45) is 0 Å². The fourth-order valence-electron chi connectivity index (χ4n) is 2.70. The molecular weight excluding hydrogens is 368 g/mol. The largest absolute Gasteiger partial charge is 0.444 e. The summed E-state index contributed by atoms with van der Waals surface area (Å²) in [6, 6.07) is 1.93. The average Bonchev–Trinajstić information content (AvgIpc) is 3.29. The number of rotatable bonds is 4. The minimum absolute atomic E-state index is 0.0223. The molecule has 8 nitrogen and oxygen atoms in total. The molecule has 3 rings (SSSR count). The number of piperazine rings is 1. The van der Waals surface area contributed by atoms with Gasteiger partial charge in [0, 0.05) is 50.0 Å². The monoisotopic (exact) mass is 392 g/mol. The van der Waals surface area contributed by atoms with Crippen LogP contribution in [-0.4, -0.2) is 63.7 Å². The predicted octanol–water partition coefficient (Wildman–Crippen LogP) is 2.81. The van der Waals surface area contributed by atoms with Gasteiger partial charge >= 0.3 is 6.09 Å². The van der Waals surface area contributed by atoms with E-state index in [0.717, 1.165) is 5.56 Å². The summed E-state index contributed by atoms with van der Waals surface area (Å²) < 4.78 is 10.6. The van der Waals surface area contributed by atoms with Crippen molar-refractivity contribution in [1.29, 1.82) is 0 Å². The Bertz CT molecular complexity index is 774. The van der Waals surface area contributed by atoms with E-state index in [1.165, 1.54) is 0 Å². The van der Waals surface area contributed by atoms with Crippen molar-refractivity contribution in [3.05, 3.63) is 22.7 Å². The van der Waals surface area contributed by atoms with E-state index in [1.54, 1.807) is 21.1 Å². The number of hydrogen-bond donors (Lipinski definition) is 0. The van der Waals surface area contributed by atoms with Crippen LogP contribution in [0.3, 0.4) is 0 Å². The van der Waals surface area contributed by atoms with Gasteiger partial charge in [-0.05, 0) is 32.2 Å². The number of amides is 2. The van der Waals surface area contributed by atoms with E-state index < -0.39 is 5.60 Å². The lowest BCUT2D eigenvalue weighted by Gasteiger charge is -2.35. The minimum Gasteiger partial charge on any atom is -0.444 e. The topological polar surface area (TPSA) is 88.8 Å². The second-order valence-corrected chi connectivity index (χ2v) is 8.15. The van der Waals surface area contributed by atoms with E-state index in [0.29, 0.717) is 50.7 Å². The molecule has 146 valence electrons. The van der Waals surface area contributed by atoms with Gasteiger partial charge in [-0.2, -0.15) is 16.3 Å². The van der Waals surface area contributed by atoms with Crippen molar-refractivity contribution in [2.75, 3.05) is 26.2 Å². The maximum atomic E-state index is 12.4. The van der Waals surface area contributed by atoms with E-state index in [2.05, 4.69) is 10.1 Å². The van der Waals surface area contributed by atoms with E-state index in [4.69, 9.17) is 9.26 Å². The molecule has 1 aliphatic rings. The van der Waals surface area contributed by atoms with Gasteiger partial charge in [0.05, 0.1) is 0 Å². The van der Waals surface area contributed by atoms with E-state index >= 15 is 0 Å². The summed E-state index contributed by atoms with van der Waals surface area (Å²) in [5.41, 5.74) is 0.398. The highest BCUT2D eigenvalue weighted by atomic mass is 32.1. The van der Waals surface area contributed by atoms with Crippen LogP contribution < -0.4 is 0 Å². The van der Waals surface area contributed by atoms with Crippen LogP contribution >= 0.6 is 11.3 Å². The molecule has 0 saturated carbocycles. The smallest absolute Gasteiger partial charge is 0.410 e. The Morgan fingerprint density at radius 1 is 1.22 bits per heavy atom. The number of carbonyl (C=O) groups excluding carboxylic acids is 2. The van der Waals surface area contributed by atoms with Gasteiger partial charge in [-0.1, -0.05) is 5.16 Å². The van der Waals surface area contributed by atoms with Crippen LogP contribution in [-0.2, 0) is 16.0 Å². The summed E-state index contributed by atoms with van der Waals surface area (Å²) in [6.45, 7) is 7.47. The first-order chi connectivity index (χ1) is 12.8. The number of nitrogens with zero attached hydrogens (tertiary/aromatic N) is 4. The molecule has 1 aliphatic heterocycles. The number of aryl methyl sites for hydroxylation is 1. The van der Waals surface area contributed by atoms with Gasteiger partial charge in [-0.25, -0.2) is 4.79 Å². The molecule has 0 aliphatic carbocycles. The van der Waals surface area contributed by atoms with Crippen molar-refractivity contribution >= 4 is 23.3 Å². The van der Waals surface area contributed by atoms with Crippen LogP contribution in [0, 0.1) is 0 Å². The average molecular weight is 392 g/mol. The molecule has 9 heteroatoms.